The lowest BCUT2D eigenvalue weighted by atomic mass is 10.0. The van der Waals surface area contributed by atoms with E-state index in [0.29, 0.717) is 6.61 Å². The summed E-state index contributed by atoms with van der Waals surface area (Å²) in [5.74, 6) is -1.26. The maximum absolute atomic E-state index is 12.6. The first-order chi connectivity index (χ1) is 13.6. The Morgan fingerprint density at radius 3 is 2.38 bits per heavy atom. The van der Waals surface area contributed by atoms with Gasteiger partial charge in [0, 0.05) is 11.6 Å². The second kappa shape index (κ2) is 9.38. The average Bonchev–Trinajstić information content (AvgIpc) is 2.67. The number of allylic oxidation sites excluding steroid dienone is 1. The summed E-state index contributed by atoms with van der Waals surface area (Å²) < 4.78 is 30.1. The number of amidine groups is 1. The van der Waals surface area contributed by atoms with Crippen molar-refractivity contribution in [2.45, 2.75) is 25.2 Å². The molecule has 2 aromatic carbocycles. The van der Waals surface area contributed by atoms with Gasteiger partial charge < -0.3 is 15.6 Å². The number of nitrogens with two attached hydrogens (primary N) is 1. The molecule has 4 N–H and O–H groups in total. The molecule has 0 aliphatic carbocycles. The number of hydrogen-bond donors (Lipinski definition) is 3. The second-order valence-corrected chi connectivity index (χ2v) is 8.52. The molecular weight excluding hydrogens is 392 g/mol. The van der Waals surface area contributed by atoms with Crippen LogP contribution in [0.4, 0.5) is 0 Å². The molecule has 0 heterocycles. The van der Waals surface area contributed by atoms with Crippen molar-refractivity contribution in [3.05, 3.63) is 65.2 Å². The molecule has 8 heteroatoms. The summed E-state index contributed by atoms with van der Waals surface area (Å²) in [6, 6.07) is 11.0. The number of phenols is 1. The zero-order valence-corrected chi connectivity index (χ0v) is 17.1. The van der Waals surface area contributed by atoms with Gasteiger partial charge in [-0.25, -0.2) is 13.2 Å². The van der Waals surface area contributed by atoms with Crippen LogP contribution in [0.2, 0.25) is 0 Å². The minimum Gasteiger partial charge on any atom is -0.507 e. The van der Waals surface area contributed by atoms with E-state index in [9.17, 15) is 18.3 Å². The molecule has 0 spiro atoms. The van der Waals surface area contributed by atoms with Crippen molar-refractivity contribution in [3.8, 4) is 5.75 Å². The van der Waals surface area contributed by atoms with Gasteiger partial charge in [0.05, 0.1) is 12.4 Å². The van der Waals surface area contributed by atoms with Crippen LogP contribution in [0.3, 0.4) is 0 Å². The standard InChI is InChI=1S/C21H24N2O5S/c1-3-28-20(25)12-14(2)16-6-4-15(5-7-16)10-11-29(26,27)19-13-17(21(22)23)8-9-18(19)24/h4-9,12-13,24H,3,10-11H2,1-2H3,(H3,22,23). The van der Waals surface area contributed by atoms with Crippen LogP contribution in [0.25, 0.3) is 5.57 Å². The molecule has 0 atom stereocenters. The highest BCUT2D eigenvalue weighted by molar-refractivity contribution is 7.91. The Labute approximate surface area is 170 Å². The molecule has 0 saturated carbocycles. The van der Waals surface area contributed by atoms with E-state index in [1.807, 2.05) is 0 Å². The second-order valence-electron chi connectivity index (χ2n) is 6.44. The van der Waals surface area contributed by atoms with Crippen molar-refractivity contribution in [1.82, 2.24) is 0 Å². The fourth-order valence-corrected chi connectivity index (χ4v) is 4.09. The van der Waals surface area contributed by atoms with Crippen LogP contribution in [-0.4, -0.2) is 37.7 Å². The summed E-state index contributed by atoms with van der Waals surface area (Å²) in [4.78, 5) is 11.3. The van der Waals surface area contributed by atoms with Gasteiger partial charge in [-0.3, -0.25) is 5.41 Å². The number of sulfone groups is 1. The number of hydrogen-bond acceptors (Lipinski definition) is 6. The number of carbonyl (C=O) groups is 1. The molecule has 0 unspecified atom stereocenters. The van der Waals surface area contributed by atoms with E-state index in [-0.39, 0.29) is 34.2 Å². The fraction of sp³-hybridized carbons (Fsp3) is 0.238. The van der Waals surface area contributed by atoms with Gasteiger partial charge in [-0.15, -0.1) is 0 Å². The van der Waals surface area contributed by atoms with Gasteiger partial charge >= 0.3 is 5.97 Å². The van der Waals surface area contributed by atoms with Crippen LogP contribution in [0.1, 0.15) is 30.5 Å². The predicted octanol–water partition coefficient (Wildman–Crippen LogP) is 2.66. The Morgan fingerprint density at radius 1 is 1.17 bits per heavy atom. The molecule has 0 bridgehead atoms. The van der Waals surface area contributed by atoms with E-state index in [1.165, 1.54) is 24.3 Å². The summed E-state index contributed by atoms with van der Waals surface area (Å²) in [7, 11) is -3.77. The smallest absolute Gasteiger partial charge is 0.331 e. The van der Waals surface area contributed by atoms with Crippen molar-refractivity contribution in [1.29, 1.82) is 5.41 Å². The molecule has 0 aliphatic rings. The van der Waals surface area contributed by atoms with Crippen LogP contribution < -0.4 is 5.73 Å². The van der Waals surface area contributed by atoms with Gasteiger partial charge in [0.2, 0.25) is 0 Å². The topological polar surface area (TPSA) is 131 Å². The van der Waals surface area contributed by atoms with Gasteiger partial charge in [0.25, 0.3) is 0 Å². The lowest BCUT2D eigenvalue weighted by Gasteiger charge is -2.09. The molecule has 0 radical (unpaired) electrons. The van der Waals surface area contributed by atoms with Crippen LogP contribution in [0, 0.1) is 5.41 Å². The van der Waals surface area contributed by atoms with Crippen LogP contribution in [0.5, 0.6) is 5.75 Å². The number of nitrogens with one attached hydrogen (secondary N) is 1. The monoisotopic (exact) mass is 416 g/mol. The maximum atomic E-state index is 12.6. The van der Waals surface area contributed by atoms with Gasteiger partial charge in [-0.1, -0.05) is 24.3 Å². The van der Waals surface area contributed by atoms with Crippen molar-refractivity contribution in [3.63, 3.8) is 0 Å². The van der Waals surface area contributed by atoms with Crippen molar-refractivity contribution >= 4 is 27.2 Å². The number of aryl methyl sites for hydroxylation is 1. The minimum atomic E-state index is -3.77. The highest BCUT2D eigenvalue weighted by Gasteiger charge is 2.20. The fourth-order valence-electron chi connectivity index (χ4n) is 2.67. The number of esters is 1. The molecule has 0 fully saturated rings. The van der Waals surface area contributed by atoms with Crippen LogP contribution >= 0.6 is 0 Å². The molecular formula is C21H24N2O5S. The highest BCUT2D eigenvalue weighted by atomic mass is 32.2. The first-order valence-corrected chi connectivity index (χ1v) is 10.6. The SMILES string of the molecule is CCOC(=O)C=C(C)c1ccc(CCS(=O)(=O)c2cc(C(=N)N)ccc2O)cc1. The third kappa shape index (κ3) is 5.92. The van der Waals surface area contributed by atoms with Crippen molar-refractivity contribution in [2.24, 2.45) is 5.73 Å². The molecule has 0 aromatic heterocycles. The zero-order chi connectivity index (χ0) is 21.6. The molecule has 7 nitrogen and oxygen atoms in total. The van der Waals surface area contributed by atoms with E-state index in [2.05, 4.69) is 0 Å². The van der Waals surface area contributed by atoms with E-state index in [0.717, 1.165) is 16.7 Å². The number of nitrogen functional groups attached to an aromatic ring is 1. The summed E-state index contributed by atoms with van der Waals surface area (Å²) in [5, 5.41) is 17.4. The Bertz CT molecular complexity index is 1040. The van der Waals surface area contributed by atoms with E-state index in [1.54, 1.807) is 38.1 Å². The Morgan fingerprint density at radius 2 is 1.79 bits per heavy atom. The molecule has 0 amide bonds. The third-order valence-electron chi connectivity index (χ3n) is 4.30. The van der Waals surface area contributed by atoms with Crippen molar-refractivity contribution in [2.75, 3.05) is 12.4 Å². The number of ether oxygens (including phenoxy) is 1. The lowest BCUT2D eigenvalue weighted by molar-refractivity contribution is -0.137. The Kier molecular flexibility index (Phi) is 7.17. The van der Waals surface area contributed by atoms with Gasteiger partial charge in [0.1, 0.15) is 16.5 Å². The molecule has 0 saturated heterocycles. The molecule has 29 heavy (non-hydrogen) atoms. The number of carbonyl (C=O) groups excluding carboxylic acids is 1. The highest BCUT2D eigenvalue weighted by Crippen LogP contribution is 2.25. The largest absolute Gasteiger partial charge is 0.507 e. The summed E-state index contributed by atoms with van der Waals surface area (Å²) >= 11 is 0. The number of rotatable bonds is 8. The van der Waals surface area contributed by atoms with E-state index >= 15 is 0 Å². The zero-order valence-electron chi connectivity index (χ0n) is 16.3. The first-order valence-electron chi connectivity index (χ1n) is 8.98. The van der Waals surface area contributed by atoms with Gasteiger partial charge in [-0.2, -0.15) is 0 Å². The number of benzene rings is 2. The minimum absolute atomic E-state index is 0.209. The third-order valence-corrected chi connectivity index (χ3v) is 6.03. The Hall–Kier alpha value is -3.13. The maximum Gasteiger partial charge on any atom is 0.331 e. The normalized spacial score (nSPS) is 11.9. The number of phenolic OH excluding ortho intramolecular Hbond substituents is 1. The molecule has 154 valence electrons. The summed E-state index contributed by atoms with van der Waals surface area (Å²) in [6.07, 6.45) is 1.65. The van der Waals surface area contributed by atoms with Gasteiger partial charge in [0.15, 0.2) is 9.84 Å². The van der Waals surface area contributed by atoms with Crippen molar-refractivity contribution < 1.29 is 23.1 Å². The Balaban J connectivity index is 2.13. The molecule has 2 rings (SSSR count). The number of aromatic hydroxyl groups is 1. The van der Waals surface area contributed by atoms with Gasteiger partial charge in [-0.05, 0) is 55.2 Å². The molecule has 0 aliphatic heterocycles. The van der Waals surface area contributed by atoms with E-state index in [4.69, 9.17) is 15.9 Å². The average molecular weight is 416 g/mol. The predicted molar refractivity (Wildman–Crippen MR) is 112 cm³/mol. The van der Waals surface area contributed by atoms with Crippen LogP contribution in [0.15, 0.2) is 53.4 Å². The summed E-state index contributed by atoms with van der Waals surface area (Å²) in [6.45, 7) is 3.84. The van der Waals surface area contributed by atoms with Crippen LogP contribution in [-0.2, 0) is 25.8 Å². The summed E-state index contributed by atoms with van der Waals surface area (Å²) in [5.41, 5.74) is 8.00. The molecule has 2 aromatic rings. The lowest BCUT2D eigenvalue weighted by Crippen LogP contribution is -2.14. The first kappa shape index (κ1) is 22.2. The quantitative estimate of drug-likeness (QED) is 0.262. The van der Waals surface area contributed by atoms with E-state index < -0.39 is 15.8 Å².